The predicted octanol–water partition coefficient (Wildman–Crippen LogP) is 7.53. The van der Waals surface area contributed by atoms with E-state index in [1.165, 1.54) is 12.3 Å². The van der Waals surface area contributed by atoms with Gasteiger partial charge in [0.05, 0.1) is 6.26 Å². The van der Waals surface area contributed by atoms with Crippen LogP contribution in [0.25, 0.3) is 5.57 Å². The van der Waals surface area contributed by atoms with Gasteiger partial charge in [-0.05, 0) is 54.2 Å². The molecule has 0 radical (unpaired) electrons. The van der Waals surface area contributed by atoms with Crippen molar-refractivity contribution in [1.29, 1.82) is 0 Å². The maximum absolute atomic E-state index is 13.0. The van der Waals surface area contributed by atoms with Crippen LogP contribution in [0.4, 0.5) is 19.4 Å². The molecule has 1 aromatic heterocycles. The normalized spacial score (nSPS) is 24.8. The van der Waals surface area contributed by atoms with Crippen LogP contribution in [-0.2, 0) is 0 Å². The van der Waals surface area contributed by atoms with Gasteiger partial charge in [-0.3, -0.25) is 0 Å². The Morgan fingerprint density at radius 3 is 2.38 bits per heavy atom. The van der Waals surface area contributed by atoms with E-state index in [9.17, 15) is 19.4 Å². The number of rotatable bonds is 3. The molecule has 1 aliphatic rings. The van der Waals surface area contributed by atoms with Crippen LogP contribution in [0.15, 0.2) is 58.1 Å². The smallest absolute Gasteiger partial charge is 0.310 e. The molecular formula is C17H17F5OS. The first-order valence-electron chi connectivity index (χ1n) is 7.54. The standard InChI is InChI=1S/C17H17F5OS/c1-12-7-8-14(11-16(12)17-6-3-9-23-17)13-4-2-5-15(10-13)24(18,19,20,21)22/h2-6,9-12,14H,7-8H2,1H3. The number of hydrogen-bond donors (Lipinski definition) is 0. The SMILES string of the molecule is CC1CCC(c2cccc(S(F)(F)(F)(F)F)c2)C=C1c1ccco1. The highest BCUT2D eigenvalue weighted by molar-refractivity contribution is 8.45. The van der Waals surface area contributed by atoms with Crippen molar-refractivity contribution in [3.8, 4) is 0 Å². The summed E-state index contributed by atoms with van der Waals surface area (Å²) in [5.41, 5.74) is 1.14. The topological polar surface area (TPSA) is 13.1 Å². The van der Waals surface area contributed by atoms with Gasteiger partial charge in [-0.25, -0.2) is 0 Å². The highest BCUT2D eigenvalue weighted by Crippen LogP contribution is 3.02. The number of furan rings is 1. The molecule has 0 fully saturated rings. The largest absolute Gasteiger partial charge is 0.465 e. The van der Waals surface area contributed by atoms with Gasteiger partial charge >= 0.3 is 10.2 Å². The second kappa shape index (κ2) is 4.88. The molecule has 3 rings (SSSR count). The fourth-order valence-electron chi connectivity index (χ4n) is 3.07. The molecule has 24 heavy (non-hydrogen) atoms. The van der Waals surface area contributed by atoms with Gasteiger partial charge in [0.25, 0.3) is 0 Å². The summed E-state index contributed by atoms with van der Waals surface area (Å²) in [5.74, 6) is 0.517. The molecule has 132 valence electrons. The Bertz CT molecular complexity index is 777. The molecule has 1 heterocycles. The maximum Gasteiger partial charge on any atom is 0.310 e. The lowest BCUT2D eigenvalue weighted by Gasteiger charge is -2.41. The third kappa shape index (κ3) is 3.50. The minimum absolute atomic E-state index is 0.200. The van der Waals surface area contributed by atoms with E-state index in [2.05, 4.69) is 0 Å². The molecule has 2 aromatic rings. The van der Waals surface area contributed by atoms with Crippen molar-refractivity contribution >= 4 is 15.8 Å². The zero-order valence-electron chi connectivity index (χ0n) is 12.9. The minimum Gasteiger partial charge on any atom is -0.465 e. The number of halogens is 5. The first-order valence-corrected chi connectivity index (χ1v) is 9.49. The van der Waals surface area contributed by atoms with Crippen molar-refractivity contribution in [2.45, 2.75) is 30.6 Å². The molecule has 0 amide bonds. The van der Waals surface area contributed by atoms with E-state index >= 15 is 0 Å². The summed E-state index contributed by atoms with van der Waals surface area (Å²) >= 11 is 0. The lowest BCUT2D eigenvalue weighted by molar-refractivity contribution is 0.363. The van der Waals surface area contributed by atoms with Crippen molar-refractivity contribution in [3.63, 3.8) is 0 Å². The molecule has 0 spiro atoms. The van der Waals surface area contributed by atoms with Crippen molar-refractivity contribution < 1.29 is 23.8 Å². The zero-order valence-corrected chi connectivity index (χ0v) is 13.7. The summed E-state index contributed by atoms with van der Waals surface area (Å²) in [6, 6.07) is 7.05. The third-order valence-corrected chi connectivity index (χ3v) is 5.50. The van der Waals surface area contributed by atoms with Crippen LogP contribution in [0, 0.1) is 5.92 Å². The minimum atomic E-state index is -9.66. The summed E-state index contributed by atoms with van der Waals surface area (Å²) in [5, 5.41) is 0. The van der Waals surface area contributed by atoms with E-state index in [0.717, 1.165) is 18.1 Å². The van der Waals surface area contributed by atoms with Gasteiger partial charge in [-0.2, -0.15) is 0 Å². The van der Waals surface area contributed by atoms with Crippen molar-refractivity contribution in [2.24, 2.45) is 5.92 Å². The molecule has 0 aliphatic heterocycles. The Balaban J connectivity index is 2.01. The number of allylic oxidation sites excluding steroid dienone is 2. The fraction of sp³-hybridized carbons (Fsp3) is 0.294. The van der Waals surface area contributed by atoms with Crippen LogP contribution in [-0.4, -0.2) is 0 Å². The highest BCUT2D eigenvalue weighted by Gasteiger charge is 2.65. The van der Waals surface area contributed by atoms with Crippen LogP contribution in [0.2, 0.25) is 0 Å². The van der Waals surface area contributed by atoms with E-state index in [1.54, 1.807) is 12.1 Å². The van der Waals surface area contributed by atoms with Gasteiger partial charge in [0.15, 0.2) is 0 Å². The van der Waals surface area contributed by atoms with E-state index in [4.69, 9.17) is 4.42 Å². The molecule has 7 heteroatoms. The quantitative estimate of drug-likeness (QED) is 0.513. The van der Waals surface area contributed by atoms with E-state index in [-0.39, 0.29) is 17.4 Å². The van der Waals surface area contributed by atoms with Gasteiger partial charge in [0, 0.05) is 5.92 Å². The summed E-state index contributed by atoms with van der Waals surface area (Å²) in [6.45, 7) is 2.01. The number of hydrogen-bond acceptors (Lipinski definition) is 1. The van der Waals surface area contributed by atoms with Crippen LogP contribution >= 0.6 is 10.2 Å². The molecule has 1 aromatic carbocycles. The average molecular weight is 364 g/mol. The lowest BCUT2D eigenvalue weighted by Crippen LogP contribution is -2.11. The fourth-order valence-corrected chi connectivity index (χ4v) is 3.76. The molecule has 1 aliphatic carbocycles. The molecule has 0 saturated carbocycles. The Morgan fingerprint density at radius 2 is 1.75 bits per heavy atom. The third-order valence-electron chi connectivity index (χ3n) is 4.36. The maximum atomic E-state index is 13.0. The molecule has 2 unspecified atom stereocenters. The van der Waals surface area contributed by atoms with Crippen LogP contribution < -0.4 is 0 Å². The van der Waals surface area contributed by atoms with Crippen LogP contribution in [0.5, 0.6) is 0 Å². The highest BCUT2D eigenvalue weighted by atomic mass is 32.5. The van der Waals surface area contributed by atoms with E-state index in [0.29, 0.717) is 24.3 Å². The van der Waals surface area contributed by atoms with Crippen molar-refractivity contribution in [3.05, 3.63) is 60.1 Å². The molecular weight excluding hydrogens is 347 g/mol. The molecule has 0 bridgehead atoms. The summed E-state index contributed by atoms with van der Waals surface area (Å²) in [7, 11) is -9.66. The summed E-state index contributed by atoms with van der Waals surface area (Å²) in [4.78, 5) is -1.83. The predicted molar refractivity (Wildman–Crippen MR) is 85.7 cm³/mol. The van der Waals surface area contributed by atoms with E-state index < -0.39 is 15.1 Å². The van der Waals surface area contributed by atoms with Crippen molar-refractivity contribution in [2.75, 3.05) is 0 Å². The van der Waals surface area contributed by atoms with Gasteiger partial charge in [0.1, 0.15) is 10.7 Å². The second-order valence-corrected chi connectivity index (χ2v) is 8.64. The van der Waals surface area contributed by atoms with Crippen LogP contribution in [0.3, 0.4) is 0 Å². The average Bonchev–Trinajstić information content (AvgIpc) is 3.00. The first-order chi connectivity index (χ1) is 10.9. The monoisotopic (exact) mass is 364 g/mol. The summed E-state index contributed by atoms with van der Waals surface area (Å²) in [6.07, 6.45) is 4.71. The molecule has 1 nitrogen and oxygen atoms in total. The Labute approximate surface area is 136 Å². The molecule has 2 atom stereocenters. The Hall–Kier alpha value is -1.76. The van der Waals surface area contributed by atoms with Crippen molar-refractivity contribution in [1.82, 2.24) is 0 Å². The number of benzene rings is 1. The van der Waals surface area contributed by atoms with Gasteiger partial charge in [-0.15, -0.1) is 0 Å². The molecule has 0 N–H and O–H groups in total. The van der Waals surface area contributed by atoms with Gasteiger partial charge in [-0.1, -0.05) is 44.6 Å². The van der Waals surface area contributed by atoms with E-state index in [1.807, 2.05) is 13.0 Å². The van der Waals surface area contributed by atoms with Crippen LogP contribution in [0.1, 0.15) is 37.0 Å². The summed E-state index contributed by atoms with van der Waals surface area (Å²) < 4.78 is 70.5. The Kier molecular flexibility index (Phi) is 3.47. The molecule has 0 saturated heterocycles. The Morgan fingerprint density at radius 1 is 1.00 bits per heavy atom. The lowest BCUT2D eigenvalue weighted by atomic mass is 9.79. The van der Waals surface area contributed by atoms with Gasteiger partial charge in [0.2, 0.25) is 0 Å². The zero-order chi connectivity index (χ0) is 17.7. The first kappa shape index (κ1) is 17.1. The second-order valence-electron chi connectivity index (χ2n) is 6.23. The van der Waals surface area contributed by atoms with Gasteiger partial charge < -0.3 is 4.42 Å².